The Morgan fingerprint density at radius 1 is 0.938 bits per heavy atom. The summed E-state index contributed by atoms with van der Waals surface area (Å²) in [6.45, 7) is 2.12. The minimum Gasteiger partial charge on any atom is -0.388 e. The summed E-state index contributed by atoms with van der Waals surface area (Å²) in [4.78, 5) is 29.7. The summed E-state index contributed by atoms with van der Waals surface area (Å²) in [5, 5.41) is 9.62. The van der Waals surface area contributed by atoms with Crippen molar-refractivity contribution in [2.45, 2.75) is 32.7 Å². The molecule has 0 saturated heterocycles. The minimum absolute atomic E-state index is 0.00600. The van der Waals surface area contributed by atoms with Crippen molar-refractivity contribution in [3.05, 3.63) is 111 Å². The van der Waals surface area contributed by atoms with Gasteiger partial charge in [0.1, 0.15) is 12.4 Å². The number of hydrogen-bond donors (Lipinski definition) is 1. The predicted octanol–water partition coefficient (Wildman–Crippen LogP) is 3.97. The highest BCUT2D eigenvalue weighted by atomic mass is 16.3. The second-order valence-electron chi connectivity index (χ2n) is 7.88. The number of rotatable bonds is 8. The zero-order chi connectivity index (χ0) is 22.5. The highest BCUT2D eigenvalue weighted by Gasteiger charge is 2.11. The lowest BCUT2D eigenvalue weighted by atomic mass is 10.0. The van der Waals surface area contributed by atoms with Crippen LogP contribution in [-0.4, -0.2) is 27.0 Å². The van der Waals surface area contributed by atoms with Crippen molar-refractivity contribution < 1.29 is 9.90 Å². The standard InChI is InChI=1S/C27H26N2O3/c1-2-26-28-24-13-10-21(16-20-8-11-22(12-9-20)25(31)18-30)17-23(24)27(32)29(26)15-14-19-6-4-3-5-7-19/h3-13,17,30H,2,14-16,18H2,1H3. The van der Waals surface area contributed by atoms with Gasteiger partial charge in [0, 0.05) is 18.5 Å². The number of fused-ring (bicyclic) bond motifs is 1. The monoisotopic (exact) mass is 426 g/mol. The molecule has 4 aromatic rings. The van der Waals surface area contributed by atoms with Gasteiger partial charge in [0.05, 0.1) is 10.9 Å². The maximum Gasteiger partial charge on any atom is 0.261 e. The second kappa shape index (κ2) is 9.71. The molecule has 0 aliphatic carbocycles. The number of aliphatic hydroxyl groups is 1. The highest BCUT2D eigenvalue weighted by Crippen LogP contribution is 2.17. The van der Waals surface area contributed by atoms with Gasteiger partial charge in [-0.1, -0.05) is 67.6 Å². The first kappa shape index (κ1) is 21.7. The topological polar surface area (TPSA) is 72.2 Å². The number of aromatic nitrogens is 2. The molecule has 0 unspecified atom stereocenters. The Labute approximate surface area is 187 Å². The summed E-state index contributed by atoms with van der Waals surface area (Å²) >= 11 is 0. The molecule has 0 aliphatic rings. The van der Waals surface area contributed by atoms with Gasteiger partial charge >= 0.3 is 0 Å². The molecule has 1 N–H and O–H groups in total. The maximum atomic E-state index is 13.3. The number of aryl methyl sites for hydroxylation is 2. The van der Waals surface area contributed by atoms with Gasteiger partial charge in [0.2, 0.25) is 0 Å². The third kappa shape index (κ3) is 4.68. The number of aliphatic hydroxyl groups excluding tert-OH is 1. The quantitative estimate of drug-likeness (QED) is 0.433. The first-order chi connectivity index (χ1) is 15.6. The van der Waals surface area contributed by atoms with E-state index in [1.807, 2.05) is 55.5 Å². The van der Waals surface area contributed by atoms with Crippen LogP contribution in [0.4, 0.5) is 0 Å². The SMILES string of the molecule is CCc1nc2ccc(Cc3ccc(C(=O)CO)cc3)cc2c(=O)n1CCc1ccccc1. The number of carbonyl (C=O) groups excluding carboxylic acids is 1. The number of carbonyl (C=O) groups is 1. The first-order valence-electron chi connectivity index (χ1n) is 10.9. The Morgan fingerprint density at radius 2 is 1.66 bits per heavy atom. The Bertz CT molecular complexity index is 1290. The molecule has 0 fully saturated rings. The van der Waals surface area contributed by atoms with Gasteiger partial charge in [0.15, 0.2) is 5.78 Å². The van der Waals surface area contributed by atoms with Crippen LogP contribution in [0.3, 0.4) is 0 Å². The molecule has 0 bridgehead atoms. The van der Waals surface area contributed by atoms with Crippen molar-refractivity contribution in [2.24, 2.45) is 0 Å². The molecule has 5 heteroatoms. The van der Waals surface area contributed by atoms with Crippen LogP contribution in [0.1, 0.15) is 39.8 Å². The normalized spacial score (nSPS) is 11.1. The van der Waals surface area contributed by atoms with Gasteiger partial charge in [-0.25, -0.2) is 4.98 Å². The van der Waals surface area contributed by atoms with E-state index in [4.69, 9.17) is 10.1 Å². The molecule has 4 rings (SSSR count). The Morgan fingerprint density at radius 3 is 2.34 bits per heavy atom. The molecular weight excluding hydrogens is 400 g/mol. The van der Waals surface area contributed by atoms with Gasteiger partial charge in [-0.2, -0.15) is 0 Å². The van der Waals surface area contributed by atoms with Crippen LogP contribution in [0.2, 0.25) is 0 Å². The first-order valence-corrected chi connectivity index (χ1v) is 10.9. The average Bonchev–Trinajstić information content (AvgIpc) is 2.84. The molecule has 5 nitrogen and oxygen atoms in total. The van der Waals surface area contributed by atoms with Crippen molar-refractivity contribution in [3.63, 3.8) is 0 Å². The van der Waals surface area contributed by atoms with Gasteiger partial charge in [0.25, 0.3) is 5.56 Å². The van der Waals surface area contributed by atoms with Crippen molar-refractivity contribution >= 4 is 16.7 Å². The summed E-state index contributed by atoms with van der Waals surface area (Å²) in [5.41, 5.74) is 4.44. The Hall–Kier alpha value is -3.57. The maximum absolute atomic E-state index is 13.3. The van der Waals surface area contributed by atoms with E-state index in [0.29, 0.717) is 30.3 Å². The van der Waals surface area contributed by atoms with E-state index in [-0.39, 0.29) is 11.3 Å². The number of hydrogen-bond acceptors (Lipinski definition) is 4. The smallest absolute Gasteiger partial charge is 0.261 e. The van der Waals surface area contributed by atoms with Crippen molar-refractivity contribution in [1.82, 2.24) is 9.55 Å². The molecule has 1 aromatic heterocycles. The van der Waals surface area contributed by atoms with E-state index in [1.54, 1.807) is 16.7 Å². The number of ketones is 1. The minimum atomic E-state index is -0.493. The summed E-state index contributed by atoms with van der Waals surface area (Å²) in [6, 6.07) is 23.2. The second-order valence-corrected chi connectivity index (χ2v) is 7.88. The fourth-order valence-electron chi connectivity index (χ4n) is 3.95. The van der Waals surface area contributed by atoms with Crippen molar-refractivity contribution in [3.8, 4) is 0 Å². The fraction of sp³-hybridized carbons (Fsp3) is 0.222. The van der Waals surface area contributed by atoms with E-state index < -0.39 is 6.61 Å². The van der Waals surface area contributed by atoms with Crippen LogP contribution >= 0.6 is 0 Å². The summed E-state index contributed by atoms with van der Waals surface area (Å²) in [7, 11) is 0. The molecule has 3 aromatic carbocycles. The van der Waals surface area contributed by atoms with Gasteiger partial charge in [-0.15, -0.1) is 0 Å². The molecular formula is C27H26N2O3. The lowest BCUT2D eigenvalue weighted by Gasteiger charge is -2.13. The van der Waals surface area contributed by atoms with E-state index in [0.717, 1.165) is 28.9 Å². The average molecular weight is 427 g/mol. The van der Waals surface area contributed by atoms with Crippen LogP contribution < -0.4 is 5.56 Å². The molecule has 162 valence electrons. The highest BCUT2D eigenvalue weighted by molar-refractivity contribution is 5.96. The molecule has 0 radical (unpaired) electrons. The van der Waals surface area contributed by atoms with Crippen LogP contribution in [-0.2, 0) is 25.8 Å². The van der Waals surface area contributed by atoms with Gasteiger partial charge in [-0.05, 0) is 41.7 Å². The molecule has 0 saturated carbocycles. The van der Waals surface area contributed by atoms with E-state index in [2.05, 4.69) is 12.1 Å². The predicted molar refractivity (Wildman–Crippen MR) is 126 cm³/mol. The lowest BCUT2D eigenvalue weighted by molar-refractivity contribution is 0.0903. The number of benzene rings is 3. The number of nitrogens with zero attached hydrogens (tertiary/aromatic N) is 2. The Balaban J connectivity index is 1.63. The summed E-state index contributed by atoms with van der Waals surface area (Å²) in [6.07, 6.45) is 2.11. The molecule has 0 spiro atoms. The molecule has 0 amide bonds. The fourth-order valence-corrected chi connectivity index (χ4v) is 3.95. The third-order valence-electron chi connectivity index (χ3n) is 5.71. The van der Waals surface area contributed by atoms with Gasteiger partial charge < -0.3 is 5.11 Å². The zero-order valence-electron chi connectivity index (χ0n) is 18.1. The van der Waals surface area contributed by atoms with E-state index >= 15 is 0 Å². The van der Waals surface area contributed by atoms with Crippen LogP contribution in [0, 0.1) is 0 Å². The summed E-state index contributed by atoms with van der Waals surface area (Å²) in [5.74, 6) is 0.506. The third-order valence-corrected chi connectivity index (χ3v) is 5.71. The lowest BCUT2D eigenvalue weighted by Crippen LogP contribution is -2.26. The molecule has 1 heterocycles. The van der Waals surface area contributed by atoms with Gasteiger partial charge in [-0.3, -0.25) is 14.2 Å². The molecule has 0 atom stereocenters. The molecule has 32 heavy (non-hydrogen) atoms. The summed E-state index contributed by atoms with van der Waals surface area (Å²) < 4.78 is 1.80. The zero-order valence-corrected chi connectivity index (χ0v) is 18.1. The molecule has 0 aliphatic heterocycles. The van der Waals surface area contributed by atoms with Crippen molar-refractivity contribution in [1.29, 1.82) is 0 Å². The largest absolute Gasteiger partial charge is 0.388 e. The van der Waals surface area contributed by atoms with Crippen LogP contribution in [0.15, 0.2) is 77.6 Å². The van der Waals surface area contributed by atoms with E-state index in [1.165, 1.54) is 5.56 Å². The van der Waals surface area contributed by atoms with Crippen LogP contribution in [0.5, 0.6) is 0 Å². The Kier molecular flexibility index (Phi) is 6.57. The van der Waals surface area contributed by atoms with E-state index in [9.17, 15) is 9.59 Å². The number of Topliss-reactive ketones (excluding diaryl/α,β-unsaturated/α-hetero) is 1. The van der Waals surface area contributed by atoms with Crippen molar-refractivity contribution in [2.75, 3.05) is 6.61 Å². The van der Waals surface area contributed by atoms with Crippen LogP contribution in [0.25, 0.3) is 10.9 Å².